The fourth-order valence-electron chi connectivity index (χ4n) is 4.35. The molecule has 9 heteroatoms. The summed E-state index contributed by atoms with van der Waals surface area (Å²) in [6.07, 6.45) is 4.48. The molecule has 0 bridgehead atoms. The van der Waals surface area contributed by atoms with E-state index in [1.807, 2.05) is 78.2 Å². The molecule has 2 aromatic heterocycles. The van der Waals surface area contributed by atoms with E-state index in [9.17, 15) is 4.79 Å². The molecule has 0 saturated heterocycles. The second kappa shape index (κ2) is 12.8. The summed E-state index contributed by atoms with van der Waals surface area (Å²) in [6.45, 7) is 8.61. The fraction of sp³-hybridized carbons (Fsp3) is 0.212. The van der Waals surface area contributed by atoms with Gasteiger partial charge in [0.1, 0.15) is 11.5 Å². The van der Waals surface area contributed by atoms with Gasteiger partial charge in [-0.1, -0.05) is 62.3 Å². The monoisotopic (exact) mass is 597 g/mol. The van der Waals surface area contributed by atoms with Crippen LogP contribution in [0.15, 0.2) is 96.4 Å². The Morgan fingerprint density at radius 1 is 0.952 bits per heavy atom. The fourth-order valence-corrected chi connectivity index (χ4v) is 5.27. The van der Waals surface area contributed by atoms with Crippen LogP contribution < -0.4 is 10.1 Å². The second-order valence-corrected chi connectivity index (χ2v) is 11.8. The lowest BCUT2D eigenvalue weighted by atomic mass is 9.82. The van der Waals surface area contributed by atoms with Gasteiger partial charge in [-0.3, -0.25) is 14.3 Å². The van der Waals surface area contributed by atoms with Gasteiger partial charge in [0.2, 0.25) is 5.91 Å². The van der Waals surface area contributed by atoms with Crippen molar-refractivity contribution in [3.8, 4) is 28.6 Å². The summed E-state index contributed by atoms with van der Waals surface area (Å²) in [5.41, 5.74) is 4.68. The molecule has 0 radical (unpaired) electrons. The average Bonchev–Trinajstić information content (AvgIpc) is 3.43. The molecule has 0 fully saturated rings. The standard InChI is InChI=1S/C33H32ClN5O2S/c1-5-33(3,4)24-9-13-26(14-10-24)41-27-15-11-25(12-16-27)36-30(40)21-42-32-38-37-31(23-17-19-35-20-18-23)39(32)29-8-6-7-28(34)22(29)2/h6-20H,5,21H2,1-4H3,(H,36,40). The molecule has 7 nitrogen and oxygen atoms in total. The van der Waals surface area contributed by atoms with Crippen molar-refractivity contribution in [2.75, 3.05) is 11.1 Å². The number of pyridine rings is 1. The lowest BCUT2D eigenvalue weighted by Gasteiger charge is -2.23. The van der Waals surface area contributed by atoms with Crippen molar-refractivity contribution in [3.05, 3.63) is 107 Å². The Labute approximate surface area is 255 Å². The number of nitrogens with zero attached hydrogens (tertiary/aromatic N) is 4. The van der Waals surface area contributed by atoms with E-state index in [1.165, 1.54) is 17.3 Å². The van der Waals surface area contributed by atoms with Gasteiger partial charge in [-0.2, -0.15) is 0 Å². The molecule has 0 spiro atoms. The number of nitrogens with one attached hydrogen (secondary N) is 1. The van der Waals surface area contributed by atoms with Crippen LogP contribution in [0.2, 0.25) is 5.02 Å². The van der Waals surface area contributed by atoms with Crippen molar-refractivity contribution < 1.29 is 9.53 Å². The van der Waals surface area contributed by atoms with Crippen LogP contribution in [0.3, 0.4) is 0 Å². The lowest BCUT2D eigenvalue weighted by molar-refractivity contribution is -0.113. The smallest absolute Gasteiger partial charge is 0.234 e. The number of thioether (sulfide) groups is 1. The molecule has 5 aromatic rings. The lowest BCUT2D eigenvalue weighted by Crippen LogP contribution is -2.15. The van der Waals surface area contributed by atoms with Gasteiger partial charge < -0.3 is 10.1 Å². The quantitative estimate of drug-likeness (QED) is 0.163. The maximum Gasteiger partial charge on any atom is 0.234 e. The minimum Gasteiger partial charge on any atom is -0.457 e. The third-order valence-electron chi connectivity index (χ3n) is 7.28. The van der Waals surface area contributed by atoms with Gasteiger partial charge in [-0.15, -0.1) is 10.2 Å². The highest BCUT2D eigenvalue weighted by Gasteiger charge is 2.20. The van der Waals surface area contributed by atoms with Crippen LogP contribution in [0.1, 0.15) is 38.3 Å². The number of carbonyl (C=O) groups is 1. The molecular formula is C33H32ClN5O2S. The van der Waals surface area contributed by atoms with Crippen LogP contribution in [-0.4, -0.2) is 31.4 Å². The van der Waals surface area contributed by atoms with Crippen LogP contribution in [0, 0.1) is 6.92 Å². The number of carbonyl (C=O) groups excluding carboxylic acids is 1. The van der Waals surface area contributed by atoms with Gasteiger partial charge >= 0.3 is 0 Å². The van der Waals surface area contributed by atoms with Crippen LogP contribution >= 0.6 is 23.4 Å². The Hall–Kier alpha value is -4.14. The molecule has 3 aromatic carbocycles. The van der Waals surface area contributed by atoms with Crippen molar-refractivity contribution in [2.45, 2.75) is 44.7 Å². The normalized spacial score (nSPS) is 11.4. The molecule has 214 valence electrons. The summed E-state index contributed by atoms with van der Waals surface area (Å²) in [5.74, 6) is 2.09. The van der Waals surface area contributed by atoms with Crippen molar-refractivity contribution in [3.63, 3.8) is 0 Å². The molecule has 0 saturated carbocycles. The summed E-state index contributed by atoms with van der Waals surface area (Å²) in [7, 11) is 0. The topological polar surface area (TPSA) is 81.9 Å². The Kier molecular flexibility index (Phi) is 8.94. The number of ether oxygens (including phenoxy) is 1. The number of amides is 1. The predicted molar refractivity (Wildman–Crippen MR) is 170 cm³/mol. The third kappa shape index (κ3) is 6.66. The van der Waals surface area contributed by atoms with Crippen LogP contribution in [0.25, 0.3) is 17.1 Å². The van der Waals surface area contributed by atoms with Crippen molar-refractivity contribution in [2.24, 2.45) is 0 Å². The summed E-state index contributed by atoms with van der Waals surface area (Å²) < 4.78 is 7.94. The van der Waals surface area contributed by atoms with E-state index >= 15 is 0 Å². The predicted octanol–water partition coefficient (Wildman–Crippen LogP) is 8.50. The second-order valence-electron chi connectivity index (χ2n) is 10.5. The largest absolute Gasteiger partial charge is 0.457 e. The van der Waals surface area contributed by atoms with E-state index in [2.05, 4.69) is 53.4 Å². The van der Waals surface area contributed by atoms with Crippen LogP contribution in [0.4, 0.5) is 5.69 Å². The van der Waals surface area contributed by atoms with Crippen molar-refractivity contribution in [1.29, 1.82) is 0 Å². The van der Waals surface area contributed by atoms with Crippen LogP contribution in [0.5, 0.6) is 11.5 Å². The van der Waals surface area contributed by atoms with Gasteiger partial charge in [0.05, 0.1) is 11.4 Å². The molecule has 42 heavy (non-hydrogen) atoms. The molecule has 0 aliphatic carbocycles. The highest BCUT2D eigenvalue weighted by Crippen LogP contribution is 2.32. The Morgan fingerprint density at radius 2 is 1.62 bits per heavy atom. The maximum absolute atomic E-state index is 12.9. The van der Waals surface area contributed by atoms with Gasteiger partial charge in [0.25, 0.3) is 0 Å². The number of hydrogen-bond acceptors (Lipinski definition) is 6. The first kappa shape index (κ1) is 29.4. The number of anilines is 1. The zero-order chi connectivity index (χ0) is 29.7. The molecule has 1 amide bonds. The van der Waals surface area contributed by atoms with Gasteiger partial charge in [0, 0.05) is 28.7 Å². The maximum atomic E-state index is 12.9. The summed E-state index contributed by atoms with van der Waals surface area (Å²) >= 11 is 7.74. The number of benzene rings is 3. The Balaban J connectivity index is 1.25. The number of rotatable bonds is 10. The number of aromatic nitrogens is 4. The van der Waals surface area contributed by atoms with Crippen molar-refractivity contribution in [1.82, 2.24) is 19.7 Å². The molecule has 0 unspecified atom stereocenters. The third-order valence-corrected chi connectivity index (χ3v) is 8.62. The molecule has 0 aliphatic heterocycles. The first-order valence-electron chi connectivity index (χ1n) is 13.7. The molecule has 5 rings (SSSR count). The molecule has 2 heterocycles. The van der Waals surface area contributed by atoms with Gasteiger partial charge in [0.15, 0.2) is 11.0 Å². The number of halogens is 1. The van der Waals surface area contributed by atoms with E-state index in [-0.39, 0.29) is 17.1 Å². The van der Waals surface area contributed by atoms with E-state index in [0.717, 1.165) is 29.0 Å². The molecule has 0 atom stereocenters. The summed E-state index contributed by atoms with van der Waals surface area (Å²) in [4.78, 5) is 17.0. The first-order valence-corrected chi connectivity index (χ1v) is 15.0. The Morgan fingerprint density at radius 3 is 2.29 bits per heavy atom. The van der Waals surface area contributed by atoms with Gasteiger partial charge in [-0.25, -0.2) is 0 Å². The molecule has 1 N–H and O–H groups in total. The number of hydrogen-bond donors (Lipinski definition) is 1. The van der Waals surface area contributed by atoms with E-state index in [1.54, 1.807) is 12.4 Å². The molecule has 0 aliphatic rings. The molecular weight excluding hydrogens is 566 g/mol. The minimum atomic E-state index is -0.161. The van der Waals surface area contributed by atoms with E-state index in [4.69, 9.17) is 16.3 Å². The zero-order valence-electron chi connectivity index (χ0n) is 24.0. The highest BCUT2D eigenvalue weighted by molar-refractivity contribution is 7.99. The first-order chi connectivity index (χ1) is 20.2. The summed E-state index contributed by atoms with van der Waals surface area (Å²) in [5, 5.41) is 13.0. The SMILES string of the molecule is CCC(C)(C)c1ccc(Oc2ccc(NC(=O)CSc3nnc(-c4ccncc4)n3-c3cccc(Cl)c3C)cc2)cc1. The van der Waals surface area contributed by atoms with E-state index in [0.29, 0.717) is 27.4 Å². The van der Waals surface area contributed by atoms with E-state index < -0.39 is 0 Å². The van der Waals surface area contributed by atoms with Crippen LogP contribution in [-0.2, 0) is 10.2 Å². The van der Waals surface area contributed by atoms with Crippen molar-refractivity contribution >= 4 is 35.0 Å². The highest BCUT2D eigenvalue weighted by atomic mass is 35.5. The summed E-state index contributed by atoms with van der Waals surface area (Å²) in [6, 6.07) is 25.0. The zero-order valence-corrected chi connectivity index (χ0v) is 25.5. The Bertz CT molecular complexity index is 1670. The average molecular weight is 598 g/mol. The minimum absolute atomic E-state index is 0.127. The van der Waals surface area contributed by atoms with Gasteiger partial charge in [-0.05, 0) is 90.6 Å².